The Balaban J connectivity index is 2.12. The van der Waals surface area contributed by atoms with Crippen molar-refractivity contribution in [2.75, 3.05) is 12.0 Å². The molecule has 0 radical (unpaired) electrons. The smallest absolute Gasteiger partial charge is 0.418 e. The topological polar surface area (TPSA) is 49.8 Å². The van der Waals surface area contributed by atoms with Crippen LogP contribution < -0.4 is 9.64 Å². The van der Waals surface area contributed by atoms with Gasteiger partial charge in [-0.2, -0.15) is 13.2 Å². The van der Waals surface area contributed by atoms with E-state index in [9.17, 15) is 23.1 Å². The zero-order valence-electron chi connectivity index (χ0n) is 14.1. The second-order valence-corrected chi connectivity index (χ2v) is 8.07. The molecule has 2 aromatic carbocycles. The monoisotopic (exact) mass is 489 g/mol. The fourth-order valence-corrected chi connectivity index (χ4v) is 4.34. The number of aromatic hydroxyl groups is 1. The third kappa shape index (κ3) is 3.89. The van der Waals surface area contributed by atoms with Crippen molar-refractivity contribution in [2.45, 2.75) is 6.18 Å². The molecule has 1 aliphatic rings. The number of halogens is 4. The lowest BCUT2D eigenvalue weighted by atomic mass is 10.0. The molecule has 1 fully saturated rings. The number of alkyl halides is 3. The molecule has 0 bridgehead atoms. The van der Waals surface area contributed by atoms with E-state index < -0.39 is 22.6 Å². The Kier molecular flexibility index (Phi) is 5.74. The van der Waals surface area contributed by atoms with Gasteiger partial charge in [-0.15, -0.1) is 0 Å². The van der Waals surface area contributed by atoms with Crippen molar-refractivity contribution in [1.82, 2.24) is 0 Å². The average molecular weight is 490 g/mol. The summed E-state index contributed by atoms with van der Waals surface area (Å²) in [6.07, 6.45) is -4.81. The Morgan fingerprint density at radius 2 is 1.86 bits per heavy atom. The maximum Gasteiger partial charge on any atom is 0.418 e. The van der Waals surface area contributed by atoms with E-state index in [1.54, 1.807) is 12.1 Å². The highest BCUT2D eigenvalue weighted by Gasteiger charge is 2.45. The molecule has 2 aromatic rings. The lowest BCUT2D eigenvalue weighted by Crippen LogP contribution is -2.28. The van der Waals surface area contributed by atoms with Gasteiger partial charge in [0, 0.05) is 0 Å². The number of thiocarbonyl (C=S) groups is 1. The highest BCUT2D eigenvalue weighted by Crippen LogP contribution is 2.46. The van der Waals surface area contributed by atoms with E-state index in [2.05, 4.69) is 15.9 Å². The molecule has 1 heterocycles. The molecule has 0 aliphatic carbocycles. The van der Waals surface area contributed by atoms with Crippen LogP contribution in [0.25, 0.3) is 5.57 Å². The van der Waals surface area contributed by atoms with Gasteiger partial charge in [0.1, 0.15) is 11.5 Å². The van der Waals surface area contributed by atoms with Gasteiger partial charge in [0.2, 0.25) is 0 Å². The fourth-order valence-electron chi connectivity index (χ4n) is 2.56. The summed E-state index contributed by atoms with van der Waals surface area (Å²) in [5.41, 5.74) is -1.03. The van der Waals surface area contributed by atoms with Gasteiger partial charge in [-0.25, -0.2) is 0 Å². The Morgan fingerprint density at radius 1 is 1.21 bits per heavy atom. The summed E-state index contributed by atoms with van der Waals surface area (Å²) in [5, 5.41) is 9.57. The molecule has 0 spiro atoms. The minimum absolute atomic E-state index is 0.00948. The molecule has 10 heteroatoms. The molecule has 1 saturated heterocycles. The molecule has 28 heavy (non-hydrogen) atoms. The first kappa shape index (κ1) is 20.7. The third-order valence-electron chi connectivity index (χ3n) is 3.85. The molecule has 0 unspecified atom stereocenters. The molecular weight excluding hydrogens is 479 g/mol. The summed E-state index contributed by atoms with van der Waals surface area (Å²) in [4.78, 5) is 13.4. The van der Waals surface area contributed by atoms with Gasteiger partial charge in [0.25, 0.3) is 5.91 Å². The van der Waals surface area contributed by atoms with E-state index in [1.807, 2.05) is 0 Å². The number of anilines is 1. The minimum atomic E-state index is -4.81. The number of carbonyl (C=O) groups excluding carboxylic acids is 1. The van der Waals surface area contributed by atoms with Crippen LogP contribution in [0.4, 0.5) is 18.9 Å². The van der Waals surface area contributed by atoms with E-state index in [0.29, 0.717) is 23.2 Å². The largest absolute Gasteiger partial charge is 0.507 e. The lowest BCUT2D eigenvalue weighted by Gasteiger charge is -2.16. The molecule has 1 amide bonds. The molecule has 146 valence electrons. The van der Waals surface area contributed by atoms with E-state index in [1.165, 1.54) is 19.2 Å². The molecule has 0 atom stereocenters. The van der Waals surface area contributed by atoms with Crippen molar-refractivity contribution in [3.05, 3.63) is 57.4 Å². The summed E-state index contributed by atoms with van der Waals surface area (Å²) in [7, 11) is 1.47. The van der Waals surface area contributed by atoms with Crippen LogP contribution in [0.5, 0.6) is 11.5 Å². The maximum absolute atomic E-state index is 13.8. The zero-order valence-corrected chi connectivity index (χ0v) is 17.3. The lowest BCUT2D eigenvalue weighted by molar-refractivity contribution is -0.113. The first-order valence-corrected chi connectivity index (χ1v) is 9.66. The fraction of sp³-hybridized carbons (Fsp3) is 0.111. The summed E-state index contributed by atoms with van der Waals surface area (Å²) < 4.78 is 46.6. The second kappa shape index (κ2) is 7.76. The predicted molar refractivity (Wildman–Crippen MR) is 109 cm³/mol. The number of amides is 1. The highest BCUT2D eigenvalue weighted by atomic mass is 79.9. The van der Waals surface area contributed by atoms with Gasteiger partial charge in [0.05, 0.1) is 27.7 Å². The number of allylic oxidation sites excluding steroid dienone is 1. The van der Waals surface area contributed by atoms with Crippen LogP contribution in [-0.2, 0) is 4.79 Å². The minimum Gasteiger partial charge on any atom is -0.507 e. The van der Waals surface area contributed by atoms with Gasteiger partial charge in [-0.1, -0.05) is 30.0 Å². The van der Waals surface area contributed by atoms with Crippen molar-refractivity contribution in [3.63, 3.8) is 0 Å². The summed E-state index contributed by atoms with van der Waals surface area (Å²) in [6, 6.07) is 9.57. The number of methoxy groups -OCH3 is 1. The molecule has 1 aliphatic heterocycles. The van der Waals surface area contributed by atoms with E-state index in [0.717, 1.165) is 23.1 Å². The van der Waals surface area contributed by atoms with Crippen LogP contribution in [0.3, 0.4) is 0 Å². The molecule has 0 saturated carbocycles. The standard InChI is InChI=1S/C18H11BrF3NO3S2/c1-26-11-5-3-10(4-6-11)23-16(25)15(28-17(23)27)14(18(20,21)22)9-2-7-13(24)12(19)8-9/h2-8,24H,1H3/b15-14+. The highest BCUT2D eigenvalue weighted by molar-refractivity contribution is 9.10. The zero-order chi connectivity index (χ0) is 20.6. The second-order valence-electron chi connectivity index (χ2n) is 5.57. The van der Waals surface area contributed by atoms with Gasteiger partial charge in [-0.05, 0) is 57.9 Å². The Hall–Kier alpha value is -2.04. The maximum atomic E-state index is 13.8. The van der Waals surface area contributed by atoms with Crippen molar-refractivity contribution in [1.29, 1.82) is 0 Å². The molecule has 4 nitrogen and oxygen atoms in total. The summed E-state index contributed by atoms with van der Waals surface area (Å²) in [6.45, 7) is 0. The molecule has 0 aromatic heterocycles. The van der Waals surface area contributed by atoms with Crippen LogP contribution in [0.15, 0.2) is 51.8 Å². The van der Waals surface area contributed by atoms with Gasteiger partial charge in [0.15, 0.2) is 4.32 Å². The predicted octanol–water partition coefficient (Wildman–Crippen LogP) is 5.50. The Bertz CT molecular complexity index is 991. The number of thioether (sulfide) groups is 1. The normalized spacial score (nSPS) is 16.5. The number of nitrogens with zero attached hydrogens (tertiary/aromatic N) is 1. The van der Waals surface area contributed by atoms with Crippen molar-refractivity contribution in [3.8, 4) is 11.5 Å². The third-order valence-corrected chi connectivity index (χ3v) is 5.85. The Morgan fingerprint density at radius 3 is 2.39 bits per heavy atom. The van der Waals surface area contributed by atoms with Crippen LogP contribution in [0.2, 0.25) is 0 Å². The first-order chi connectivity index (χ1) is 13.1. The molecule has 1 N–H and O–H groups in total. The molecule has 3 rings (SSSR count). The number of ether oxygens (including phenoxy) is 1. The van der Waals surface area contributed by atoms with Crippen molar-refractivity contribution >= 4 is 61.4 Å². The van der Waals surface area contributed by atoms with Gasteiger partial charge < -0.3 is 9.84 Å². The molecular formula is C18H11BrF3NO3S2. The van der Waals surface area contributed by atoms with E-state index >= 15 is 0 Å². The number of benzene rings is 2. The number of hydrogen-bond acceptors (Lipinski definition) is 5. The van der Waals surface area contributed by atoms with E-state index in [-0.39, 0.29) is 20.1 Å². The number of carbonyl (C=O) groups is 1. The van der Waals surface area contributed by atoms with Gasteiger partial charge >= 0.3 is 6.18 Å². The Labute approximate surface area is 176 Å². The number of hydrogen-bond donors (Lipinski definition) is 1. The summed E-state index contributed by atoms with van der Waals surface area (Å²) >= 11 is 8.75. The number of phenolic OH excluding ortho intramolecular Hbond substituents is 1. The number of phenols is 1. The van der Waals surface area contributed by atoms with Crippen LogP contribution in [0.1, 0.15) is 5.56 Å². The van der Waals surface area contributed by atoms with Crippen LogP contribution >= 0.6 is 39.9 Å². The SMILES string of the molecule is COc1ccc(N2C(=O)/C(=C(/c3ccc(O)c(Br)c3)C(F)(F)F)SC2=S)cc1. The first-order valence-electron chi connectivity index (χ1n) is 7.64. The quantitative estimate of drug-likeness (QED) is 0.455. The van der Waals surface area contributed by atoms with E-state index in [4.69, 9.17) is 17.0 Å². The number of rotatable bonds is 3. The van der Waals surface area contributed by atoms with Crippen LogP contribution in [-0.4, -0.2) is 28.6 Å². The van der Waals surface area contributed by atoms with Gasteiger partial charge in [-0.3, -0.25) is 9.69 Å². The van der Waals surface area contributed by atoms with Crippen molar-refractivity contribution in [2.24, 2.45) is 0 Å². The summed E-state index contributed by atoms with van der Waals surface area (Å²) in [5.74, 6) is -0.539. The van der Waals surface area contributed by atoms with Crippen molar-refractivity contribution < 1.29 is 27.8 Å². The van der Waals surface area contributed by atoms with Crippen LogP contribution in [0, 0.1) is 0 Å². The average Bonchev–Trinajstić information content (AvgIpc) is 2.91.